The van der Waals surface area contributed by atoms with Crippen molar-refractivity contribution < 1.29 is 4.74 Å². The van der Waals surface area contributed by atoms with Gasteiger partial charge in [-0.1, -0.05) is 61.9 Å². The van der Waals surface area contributed by atoms with Gasteiger partial charge in [-0.05, 0) is 24.3 Å². The maximum Gasteiger partial charge on any atom is 0.169 e. The molecule has 0 saturated heterocycles. The number of rotatable bonds is 3. The number of hydrogen-bond acceptors (Lipinski definition) is 1. The highest BCUT2D eigenvalue weighted by atomic mass is 35.5. The Bertz CT molecular complexity index is 538. The lowest BCUT2D eigenvalue weighted by Crippen LogP contribution is -2.21. The molecule has 0 bridgehead atoms. The summed E-state index contributed by atoms with van der Waals surface area (Å²) in [5, 5.41) is 1.02. The summed E-state index contributed by atoms with van der Waals surface area (Å²) < 4.78 is 5.71. The second kappa shape index (κ2) is 6.88. The topological polar surface area (TPSA) is 9.23 Å². The van der Waals surface area contributed by atoms with E-state index in [9.17, 15) is 0 Å². The average Bonchev–Trinajstić information content (AvgIpc) is 2.34. The Labute approximate surface area is 125 Å². The van der Waals surface area contributed by atoms with Crippen molar-refractivity contribution in [1.82, 2.24) is 0 Å². The molecule has 0 aliphatic heterocycles. The normalized spacial score (nSPS) is 9.68. The molecule has 2 aromatic rings. The minimum atomic E-state index is 0. The number of ether oxygens (including phenoxy) is 1. The molecule has 0 saturated carbocycles. The quantitative estimate of drug-likeness (QED) is 0.690. The van der Waals surface area contributed by atoms with E-state index in [0.717, 1.165) is 5.75 Å². The minimum absolute atomic E-state index is 0. The predicted molar refractivity (Wildman–Crippen MR) is 86.8 cm³/mol. The summed E-state index contributed by atoms with van der Waals surface area (Å²) in [5.74, 6) is 1.47. The fraction of sp³-hybridized carbons (Fsp3) is 0.200. The fourth-order valence-electron chi connectivity index (χ4n) is 1.60. The SMILES string of the molecule is C.CB(C)c1ccc(Oc2ccc(Cl)c(Cl)c2)cc1. The lowest BCUT2D eigenvalue weighted by atomic mass is 9.49. The van der Waals surface area contributed by atoms with Gasteiger partial charge in [0, 0.05) is 6.07 Å². The molecule has 0 radical (unpaired) electrons. The van der Waals surface area contributed by atoms with Gasteiger partial charge in [-0.25, -0.2) is 0 Å². The molecule has 19 heavy (non-hydrogen) atoms. The number of halogens is 2. The highest BCUT2D eigenvalue weighted by molar-refractivity contribution is 6.70. The Hall–Kier alpha value is -1.12. The lowest BCUT2D eigenvalue weighted by Gasteiger charge is -2.08. The largest absolute Gasteiger partial charge is 0.457 e. The summed E-state index contributed by atoms with van der Waals surface area (Å²) >= 11 is 11.8. The molecule has 4 heteroatoms. The van der Waals surface area contributed by atoms with Crippen molar-refractivity contribution in [2.45, 2.75) is 21.1 Å². The molecule has 0 amide bonds. The number of hydrogen-bond donors (Lipinski definition) is 0. The van der Waals surface area contributed by atoms with E-state index in [-0.39, 0.29) is 7.43 Å². The summed E-state index contributed by atoms with van der Waals surface area (Å²) in [6.45, 7) is 4.84. The van der Waals surface area contributed by atoms with Crippen molar-refractivity contribution in [3.8, 4) is 11.5 Å². The van der Waals surface area contributed by atoms with E-state index in [2.05, 4.69) is 25.8 Å². The Morgan fingerprint density at radius 1 is 0.842 bits per heavy atom. The van der Waals surface area contributed by atoms with Crippen molar-refractivity contribution in [2.75, 3.05) is 0 Å². The molecule has 0 atom stereocenters. The van der Waals surface area contributed by atoms with Gasteiger partial charge in [-0.15, -0.1) is 0 Å². The van der Waals surface area contributed by atoms with E-state index in [0.29, 0.717) is 22.5 Å². The van der Waals surface area contributed by atoms with Crippen LogP contribution in [-0.4, -0.2) is 6.71 Å². The molecule has 0 N–H and O–H groups in total. The van der Waals surface area contributed by atoms with Crippen LogP contribution in [0, 0.1) is 0 Å². The molecule has 1 nitrogen and oxygen atoms in total. The van der Waals surface area contributed by atoms with Crippen molar-refractivity contribution in [1.29, 1.82) is 0 Å². The first-order chi connectivity index (χ1) is 8.56. The molecule has 0 unspecified atom stereocenters. The molecular weight excluding hydrogens is 278 g/mol. The predicted octanol–water partition coefficient (Wildman–Crippen LogP) is 5.38. The van der Waals surface area contributed by atoms with E-state index in [4.69, 9.17) is 27.9 Å². The Morgan fingerprint density at radius 2 is 1.42 bits per heavy atom. The van der Waals surface area contributed by atoms with Crippen LogP contribution in [0.4, 0.5) is 0 Å². The van der Waals surface area contributed by atoms with Crippen LogP contribution in [0.5, 0.6) is 11.5 Å². The van der Waals surface area contributed by atoms with Gasteiger partial charge in [0.25, 0.3) is 0 Å². The standard InChI is InChI=1S/C14H13BCl2O.CH4/c1-15(2)10-3-5-11(6-4-10)18-12-7-8-13(16)14(17)9-12;/h3-9H,1-2H3;1H4. The third-order valence-electron chi connectivity index (χ3n) is 2.67. The molecule has 0 fully saturated rings. The average molecular weight is 295 g/mol. The molecule has 2 rings (SSSR count). The van der Waals surface area contributed by atoms with Crippen LogP contribution in [0.2, 0.25) is 23.7 Å². The van der Waals surface area contributed by atoms with Gasteiger partial charge in [-0.3, -0.25) is 0 Å². The highest BCUT2D eigenvalue weighted by Crippen LogP contribution is 2.29. The minimum Gasteiger partial charge on any atom is -0.457 e. The number of benzene rings is 2. The summed E-state index contributed by atoms with van der Waals surface area (Å²) in [6, 6.07) is 13.3. The van der Waals surface area contributed by atoms with Crippen molar-refractivity contribution in [3.63, 3.8) is 0 Å². The first-order valence-corrected chi connectivity index (χ1v) is 6.54. The van der Waals surface area contributed by atoms with Crippen molar-refractivity contribution >= 4 is 35.4 Å². The maximum atomic E-state index is 5.93. The van der Waals surface area contributed by atoms with E-state index in [1.165, 1.54) is 5.46 Å². The van der Waals surface area contributed by atoms with Gasteiger partial charge >= 0.3 is 0 Å². The zero-order chi connectivity index (χ0) is 13.1. The Morgan fingerprint density at radius 3 is 1.95 bits per heavy atom. The van der Waals surface area contributed by atoms with Gasteiger partial charge in [0.2, 0.25) is 0 Å². The lowest BCUT2D eigenvalue weighted by molar-refractivity contribution is 0.483. The van der Waals surface area contributed by atoms with Crippen LogP contribution in [0.1, 0.15) is 7.43 Å². The zero-order valence-corrected chi connectivity index (χ0v) is 11.8. The zero-order valence-electron chi connectivity index (χ0n) is 10.3. The second-order valence-electron chi connectivity index (χ2n) is 4.40. The Balaban J connectivity index is 0.00000180. The molecule has 0 aliphatic rings. The van der Waals surface area contributed by atoms with Gasteiger partial charge in [0.15, 0.2) is 6.71 Å². The summed E-state index contributed by atoms with van der Waals surface area (Å²) in [6.07, 6.45) is 0. The van der Waals surface area contributed by atoms with Crippen LogP contribution < -0.4 is 10.2 Å². The van der Waals surface area contributed by atoms with Crippen LogP contribution in [0.15, 0.2) is 42.5 Å². The molecular formula is C15H17BCl2O. The monoisotopic (exact) mass is 294 g/mol. The van der Waals surface area contributed by atoms with E-state index in [1.54, 1.807) is 18.2 Å². The fourth-order valence-corrected chi connectivity index (χ4v) is 1.89. The molecule has 0 aromatic heterocycles. The third-order valence-corrected chi connectivity index (χ3v) is 3.41. The van der Waals surface area contributed by atoms with Gasteiger partial charge < -0.3 is 4.74 Å². The molecule has 2 aromatic carbocycles. The summed E-state index contributed by atoms with van der Waals surface area (Å²) in [4.78, 5) is 0. The van der Waals surface area contributed by atoms with Crippen LogP contribution in [-0.2, 0) is 0 Å². The first-order valence-electron chi connectivity index (χ1n) is 5.79. The van der Waals surface area contributed by atoms with Crippen molar-refractivity contribution in [3.05, 3.63) is 52.5 Å². The first kappa shape index (κ1) is 15.9. The Kier molecular flexibility index (Phi) is 5.77. The van der Waals surface area contributed by atoms with E-state index in [1.807, 2.05) is 12.1 Å². The highest BCUT2D eigenvalue weighted by Gasteiger charge is 2.04. The van der Waals surface area contributed by atoms with E-state index >= 15 is 0 Å². The molecule has 0 heterocycles. The van der Waals surface area contributed by atoms with Crippen molar-refractivity contribution in [2.24, 2.45) is 0 Å². The molecule has 0 aliphatic carbocycles. The van der Waals surface area contributed by atoms with Crippen LogP contribution in [0.25, 0.3) is 0 Å². The second-order valence-corrected chi connectivity index (χ2v) is 5.22. The van der Waals surface area contributed by atoms with Crippen LogP contribution in [0.3, 0.4) is 0 Å². The van der Waals surface area contributed by atoms with Gasteiger partial charge in [0.05, 0.1) is 10.0 Å². The third kappa shape index (κ3) is 4.19. The summed E-state index contributed by atoms with van der Waals surface area (Å²) in [7, 11) is 0. The molecule has 0 spiro atoms. The van der Waals surface area contributed by atoms with E-state index < -0.39 is 0 Å². The van der Waals surface area contributed by atoms with Gasteiger partial charge in [0.1, 0.15) is 11.5 Å². The van der Waals surface area contributed by atoms with Crippen LogP contribution >= 0.6 is 23.2 Å². The summed E-state index contributed by atoms with van der Waals surface area (Å²) in [5.41, 5.74) is 1.29. The smallest absolute Gasteiger partial charge is 0.169 e. The van der Waals surface area contributed by atoms with Gasteiger partial charge in [-0.2, -0.15) is 0 Å². The molecule has 100 valence electrons. The maximum absolute atomic E-state index is 5.93.